The van der Waals surface area contributed by atoms with Crippen LogP contribution in [0.4, 0.5) is 15.3 Å². The second kappa shape index (κ2) is 6.25. The third kappa shape index (κ3) is 2.76. The molecule has 0 bridgehead atoms. The number of nitrogens with zero attached hydrogens (tertiary/aromatic N) is 5. The predicted molar refractivity (Wildman–Crippen MR) is 97.9 cm³/mol. The van der Waals surface area contributed by atoms with E-state index in [0.29, 0.717) is 0 Å². The van der Waals surface area contributed by atoms with Crippen LogP contribution >= 0.6 is 11.3 Å². The van der Waals surface area contributed by atoms with E-state index in [4.69, 9.17) is 4.98 Å². The van der Waals surface area contributed by atoms with Crippen molar-refractivity contribution >= 4 is 27.9 Å². The molecule has 0 unspecified atom stereocenters. The van der Waals surface area contributed by atoms with Crippen molar-refractivity contribution in [3.63, 3.8) is 0 Å². The molecule has 3 heterocycles. The summed E-state index contributed by atoms with van der Waals surface area (Å²) in [5.41, 5.74) is 3.54. The maximum absolute atomic E-state index is 13.1. The standard InChI is InChI=1S/C18H16FN5S/c1-3-14-17(24-9-8-20-10-16(24)21-14)23(2)18-22-15(11-25-18)12-4-6-13(19)7-5-12/h4-11H,3H2,1-2H3. The molecule has 0 atom stereocenters. The first-order valence-corrected chi connectivity index (χ1v) is 8.81. The van der Waals surface area contributed by atoms with Gasteiger partial charge in [-0.05, 0) is 30.7 Å². The summed E-state index contributed by atoms with van der Waals surface area (Å²) in [6.45, 7) is 2.08. The Labute approximate surface area is 148 Å². The fourth-order valence-electron chi connectivity index (χ4n) is 2.80. The molecular weight excluding hydrogens is 337 g/mol. The molecule has 0 saturated heterocycles. The number of aryl methyl sites for hydroxylation is 1. The van der Waals surface area contributed by atoms with Gasteiger partial charge in [-0.15, -0.1) is 11.3 Å². The maximum atomic E-state index is 13.1. The number of hydrogen-bond donors (Lipinski definition) is 0. The monoisotopic (exact) mass is 353 g/mol. The van der Waals surface area contributed by atoms with Gasteiger partial charge in [-0.1, -0.05) is 6.92 Å². The highest BCUT2D eigenvalue weighted by atomic mass is 32.1. The largest absolute Gasteiger partial charge is 0.305 e. The van der Waals surface area contributed by atoms with E-state index in [1.807, 2.05) is 27.9 Å². The van der Waals surface area contributed by atoms with Crippen LogP contribution in [-0.2, 0) is 6.42 Å². The molecule has 0 aliphatic heterocycles. The Morgan fingerprint density at radius 2 is 2.00 bits per heavy atom. The van der Waals surface area contributed by atoms with Crippen molar-refractivity contribution < 1.29 is 4.39 Å². The smallest absolute Gasteiger partial charge is 0.191 e. The molecule has 0 radical (unpaired) electrons. The van der Waals surface area contributed by atoms with E-state index in [1.54, 1.807) is 35.9 Å². The second-order valence-electron chi connectivity index (χ2n) is 5.62. The van der Waals surface area contributed by atoms with Gasteiger partial charge in [-0.3, -0.25) is 9.38 Å². The number of halogens is 1. The van der Waals surface area contributed by atoms with E-state index in [9.17, 15) is 4.39 Å². The summed E-state index contributed by atoms with van der Waals surface area (Å²) < 4.78 is 15.1. The van der Waals surface area contributed by atoms with Crippen LogP contribution in [0.2, 0.25) is 0 Å². The van der Waals surface area contributed by atoms with Gasteiger partial charge in [0.1, 0.15) is 11.6 Å². The normalized spacial score (nSPS) is 11.2. The van der Waals surface area contributed by atoms with Gasteiger partial charge < -0.3 is 4.90 Å². The maximum Gasteiger partial charge on any atom is 0.191 e. The van der Waals surface area contributed by atoms with Gasteiger partial charge in [0.25, 0.3) is 0 Å². The molecule has 1 aromatic carbocycles. The first-order chi connectivity index (χ1) is 12.2. The zero-order valence-corrected chi connectivity index (χ0v) is 14.7. The Morgan fingerprint density at radius 3 is 2.76 bits per heavy atom. The molecule has 0 amide bonds. The Kier molecular flexibility index (Phi) is 3.93. The molecule has 7 heteroatoms. The minimum absolute atomic E-state index is 0.247. The van der Waals surface area contributed by atoms with Gasteiger partial charge in [0.15, 0.2) is 10.8 Å². The van der Waals surface area contributed by atoms with Gasteiger partial charge in [-0.25, -0.2) is 14.4 Å². The number of thiazole rings is 1. The molecule has 0 saturated carbocycles. The third-order valence-electron chi connectivity index (χ3n) is 4.05. The Morgan fingerprint density at radius 1 is 1.20 bits per heavy atom. The lowest BCUT2D eigenvalue weighted by Crippen LogP contribution is -2.13. The van der Waals surface area contributed by atoms with Crippen LogP contribution in [-0.4, -0.2) is 26.4 Å². The average molecular weight is 353 g/mol. The summed E-state index contributed by atoms with van der Waals surface area (Å²) in [7, 11) is 1.98. The van der Waals surface area contributed by atoms with Crippen LogP contribution in [0.3, 0.4) is 0 Å². The van der Waals surface area contributed by atoms with Crippen LogP contribution < -0.4 is 4.90 Å². The number of benzene rings is 1. The van der Waals surface area contributed by atoms with Crippen molar-refractivity contribution in [2.75, 3.05) is 11.9 Å². The highest BCUT2D eigenvalue weighted by molar-refractivity contribution is 7.14. The van der Waals surface area contributed by atoms with E-state index < -0.39 is 0 Å². The number of imidazole rings is 1. The van der Waals surface area contributed by atoms with Crippen molar-refractivity contribution in [3.05, 3.63) is 59.7 Å². The summed E-state index contributed by atoms with van der Waals surface area (Å²) >= 11 is 1.55. The molecule has 4 aromatic rings. The summed E-state index contributed by atoms with van der Waals surface area (Å²) in [4.78, 5) is 15.5. The Balaban J connectivity index is 1.75. The van der Waals surface area contributed by atoms with Crippen molar-refractivity contribution in [2.45, 2.75) is 13.3 Å². The Bertz CT molecular complexity index is 1020. The quantitative estimate of drug-likeness (QED) is 0.548. The van der Waals surface area contributed by atoms with E-state index in [2.05, 4.69) is 16.9 Å². The number of aromatic nitrogens is 4. The van der Waals surface area contributed by atoms with Crippen molar-refractivity contribution in [1.29, 1.82) is 0 Å². The van der Waals surface area contributed by atoms with E-state index in [0.717, 1.165) is 40.0 Å². The molecule has 3 aromatic heterocycles. The van der Waals surface area contributed by atoms with E-state index in [1.165, 1.54) is 12.1 Å². The lowest BCUT2D eigenvalue weighted by atomic mass is 10.2. The first-order valence-electron chi connectivity index (χ1n) is 7.93. The van der Waals surface area contributed by atoms with Crippen molar-refractivity contribution in [2.24, 2.45) is 0 Å². The minimum atomic E-state index is -0.247. The zero-order valence-electron chi connectivity index (χ0n) is 13.8. The summed E-state index contributed by atoms with van der Waals surface area (Å²) in [5.74, 6) is 0.739. The predicted octanol–water partition coefficient (Wildman–Crippen LogP) is 4.32. The first kappa shape index (κ1) is 15.7. The highest BCUT2D eigenvalue weighted by Crippen LogP contribution is 2.33. The number of rotatable bonds is 4. The molecule has 126 valence electrons. The molecule has 0 aliphatic rings. The summed E-state index contributed by atoms with van der Waals surface area (Å²) in [6, 6.07) is 6.38. The SMILES string of the molecule is CCc1nc2cnccn2c1N(C)c1nc(-c2ccc(F)cc2)cs1. The summed E-state index contributed by atoms with van der Waals surface area (Å²) in [6.07, 6.45) is 6.22. The van der Waals surface area contributed by atoms with Gasteiger partial charge in [0.2, 0.25) is 0 Å². The lowest BCUT2D eigenvalue weighted by molar-refractivity contribution is 0.628. The topological polar surface area (TPSA) is 46.3 Å². The highest BCUT2D eigenvalue weighted by Gasteiger charge is 2.18. The van der Waals surface area contributed by atoms with Crippen LogP contribution in [0, 0.1) is 5.82 Å². The van der Waals surface area contributed by atoms with Gasteiger partial charge in [0.05, 0.1) is 17.6 Å². The second-order valence-corrected chi connectivity index (χ2v) is 6.46. The molecule has 5 nitrogen and oxygen atoms in total. The summed E-state index contributed by atoms with van der Waals surface area (Å²) in [5, 5.41) is 2.84. The van der Waals surface area contributed by atoms with Crippen molar-refractivity contribution in [3.8, 4) is 11.3 Å². The van der Waals surface area contributed by atoms with Gasteiger partial charge >= 0.3 is 0 Å². The van der Waals surface area contributed by atoms with Gasteiger partial charge in [0, 0.05) is 30.4 Å². The minimum Gasteiger partial charge on any atom is -0.305 e. The molecule has 0 spiro atoms. The van der Waals surface area contributed by atoms with Gasteiger partial charge in [-0.2, -0.15) is 0 Å². The lowest BCUT2D eigenvalue weighted by Gasteiger charge is -2.16. The Hall–Kier alpha value is -2.80. The van der Waals surface area contributed by atoms with E-state index >= 15 is 0 Å². The molecule has 0 aliphatic carbocycles. The average Bonchev–Trinajstić information content (AvgIpc) is 3.26. The van der Waals surface area contributed by atoms with Crippen LogP contribution in [0.25, 0.3) is 16.9 Å². The van der Waals surface area contributed by atoms with Crippen molar-refractivity contribution in [1.82, 2.24) is 19.4 Å². The van der Waals surface area contributed by atoms with Crippen LogP contribution in [0.15, 0.2) is 48.2 Å². The van der Waals surface area contributed by atoms with Crippen LogP contribution in [0.5, 0.6) is 0 Å². The molecule has 25 heavy (non-hydrogen) atoms. The number of fused-ring (bicyclic) bond motifs is 1. The third-order valence-corrected chi connectivity index (χ3v) is 4.96. The molecular formula is C18H16FN5S. The van der Waals surface area contributed by atoms with E-state index in [-0.39, 0.29) is 5.82 Å². The van der Waals surface area contributed by atoms with Crippen LogP contribution in [0.1, 0.15) is 12.6 Å². The zero-order chi connectivity index (χ0) is 17.4. The fourth-order valence-corrected chi connectivity index (χ4v) is 3.60. The number of hydrogen-bond acceptors (Lipinski definition) is 5. The fraction of sp³-hybridized carbons (Fsp3) is 0.167. The number of anilines is 2. The molecule has 4 rings (SSSR count). The molecule has 0 N–H and O–H groups in total. The molecule has 0 fully saturated rings.